The van der Waals surface area contributed by atoms with Gasteiger partial charge < -0.3 is 4.74 Å². The van der Waals surface area contributed by atoms with Gasteiger partial charge in [0.15, 0.2) is 0 Å². The van der Waals surface area contributed by atoms with Crippen LogP contribution in [0.5, 0.6) is 0 Å². The van der Waals surface area contributed by atoms with Crippen molar-refractivity contribution in [2.45, 2.75) is 39.2 Å². The molecule has 0 aromatic heterocycles. The maximum Gasteiger partial charge on any atom is 0.0702 e. The van der Waals surface area contributed by atoms with Crippen LogP contribution in [0, 0.1) is 17.8 Å². The van der Waals surface area contributed by atoms with Crippen molar-refractivity contribution in [1.82, 2.24) is 0 Å². The zero-order chi connectivity index (χ0) is 8.53. The number of nitriles is 1. The molecule has 0 spiro atoms. The lowest BCUT2D eigenvalue weighted by Gasteiger charge is -2.11. The quantitative estimate of drug-likeness (QED) is 0.550. The minimum atomic E-state index is 0.139. The van der Waals surface area contributed by atoms with Gasteiger partial charge in [-0.25, -0.2) is 0 Å². The van der Waals surface area contributed by atoms with Crippen LogP contribution in [0.2, 0.25) is 0 Å². The van der Waals surface area contributed by atoms with Gasteiger partial charge in [-0.15, -0.1) is 0 Å². The molecule has 0 aromatic carbocycles. The van der Waals surface area contributed by atoms with Crippen molar-refractivity contribution in [1.29, 1.82) is 5.26 Å². The highest BCUT2D eigenvalue weighted by Gasteiger charge is 2.03. The molecular weight excluding hydrogens is 138 g/mol. The van der Waals surface area contributed by atoms with Crippen molar-refractivity contribution in [3.05, 3.63) is 6.42 Å². The third-order valence-corrected chi connectivity index (χ3v) is 1.53. The van der Waals surface area contributed by atoms with Gasteiger partial charge in [-0.3, -0.25) is 0 Å². The Morgan fingerprint density at radius 3 is 2.82 bits per heavy atom. The van der Waals surface area contributed by atoms with Crippen LogP contribution in [0.15, 0.2) is 0 Å². The van der Waals surface area contributed by atoms with Crippen LogP contribution >= 0.6 is 0 Å². The van der Waals surface area contributed by atoms with Gasteiger partial charge in [-0.1, -0.05) is 13.8 Å². The molecule has 2 nitrogen and oxygen atoms in total. The summed E-state index contributed by atoms with van der Waals surface area (Å²) in [7, 11) is 0. The van der Waals surface area contributed by atoms with E-state index in [2.05, 4.69) is 12.5 Å². The lowest BCUT2D eigenvalue weighted by molar-refractivity contribution is 0.0558. The van der Waals surface area contributed by atoms with Crippen LogP contribution in [0.4, 0.5) is 0 Å². The number of nitrogens with zero attached hydrogens (tertiary/aromatic N) is 1. The first kappa shape index (κ1) is 10.4. The first-order valence-electron chi connectivity index (χ1n) is 4.11. The predicted octanol–water partition coefficient (Wildman–Crippen LogP) is 2.31. The van der Waals surface area contributed by atoms with Gasteiger partial charge in [0.2, 0.25) is 0 Å². The Hall–Kier alpha value is -0.550. The van der Waals surface area contributed by atoms with E-state index in [0.29, 0.717) is 6.42 Å². The molecule has 0 rings (SSSR count). The van der Waals surface area contributed by atoms with Crippen molar-refractivity contribution in [2.75, 3.05) is 6.61 Å². The summed E-state index contributed by atoms with van der Waals surface area (Å²) in [6.45, 7) is 4.79. The minimum absolute atomic E-state index is 0.139. The molecule has 0 aliphatic rings. The first-order chi connectivity index (χ1) is 5.35. The molecule has 0 fully saturated rings. The van der Waals surface area contributed by atoms with Crippen molar-refractivity contribution < 1.29 is 4.74 Å². The maximum atomic E-state index is 8.39. The second kappa shape index (κ2) is 7.56. The molecule has 0 saturated heterocycles. The van der Waals surface area contributed by atoms with Crippen molar-refractivity contribution in [3.63, 3.8) is 0 Å². The highest BCUT2D eigenvalue weighted by atomic mass is 16.5. The summed E-state index contributed by atoms with van der Waals surface area (Å²) in [5.41, 5.74) is 0. The molecule has 0 bridgehead atoms. The van der Waals surface area contributed by atoms with Gasteiger partial charge >= 0.3 is 0 Å². The first-order valence-corrected chi connectivity index (χ1v) is 4.11. The van der Waals surface area contributed by atoms with E-state index in [1.807, 2.05) is 13.8 Å². The van der Waals surface area contributed by atoms with E-state index in [4.69, 9.17) is 10.00 Å². The van der Waals surface area contributed by atoms with E-state index in [1.54, 1.807) is 0 Å². The zero-order valence-electron chi connectivity index (χ0n) is 7.34. The van der Waals surface area contributed by atoms with Crippen molar-refractivity contribution in [3.8, 4) is 6.07 Å². The maximum absolute atomic E-state index is 8.39. The molecule has 2 heteroatoms. The number of hydrogen-bond acceptors (Lipinski definition) is 2. The Bertz CT molecular complexity index is 117. The molecule has 63 valence electrons. The number of ether oxygens (including phenoxy) is 1. The fourth-order valence-electron chi connectivity index (χ4n) is 0.775. The third-order valence-electron chi connectivity index (χ3n) is 1.53. The number of rotatable bonds is 6. The summed E-state index contributed by atoms with van der Waals surface area (Å²) < 4.78 is 5.42. The van der Waals surface area contributed by atoms with Crippen LogP contribution in [0.3, 0.4) is 0 Å². The summed E-state index contributed by atoms with van der Waals surface area (Å²) >= 11 is 0. The molecule has 0 heterocycles. The number of unbranched alkanes of at least 4 members (excludes halogenated alkanes) is 1. The van der Waals surface area contributed by atoms with E-state index in [0.717, 1.165) is 19.4 Å². The average Bonchev–Trinajstić information content (AvgIpc) is 2.03. The van der Waals surface area contributed by atoms with Crippen LogP contribution in [-0.2, 0) is 4.74 Å². The van der Waals surface area contributed by atoms with Gasteiger partial charge in [0.1, 0.15) is 0 Å². The minimum Gasteiger partial charge on any atom is -0.377 e. The van der Waals surface area contributed by atoms with Gasteiger partial charge in [-0.05, 0) is 19.3 Å². The summed E-state index contributed by atoms with van der Waals surface area (Å²) in [5, 5.41) is 8.39. The monoisotopic (exact) mass is 154 g/mol. The molecule has 0 saturated carbocycles. The lowest BCUT2D eigenvalue weighted by Crippen LogP contribution is -2.11. The Balaban J connectivity index is 3.30. The van der Waals surface area contributed by atoms with Gasteiger partial charge in [-0.2, -0.15) is 5.26 Å². The van der Waals surface area contributed by atoms with Crippen molar-refractivity contribution in [2.24, 2.45) is 0 Å². The van der Waals surface area contributed by atoms with E-state index in [9.17, 15) is 0 Å². The highest BCUT2D eigenvalue weighted by molar-refractivity contribution is 4.75. The number of hydrogen-bond donors (Lipinski definition) is 0. The van der Waals surface area contributed by atoms with E-state index in [1.165, 1.54) is 0 Å². The third kappa shape index (κ3) is 5.87. The predicted molar refractivity (Wildman–Crippen MR) is 44.9 cm³/mol. The van der Waals surface area contributed by atoms with Crippen LogP contribution in [0.25, 0.3) is 0 Å². The highest BCUT2D eigenvalue weighted by Crippen LogP contribution is 2.03. The average molecular weight is 154 g/mol. The Morgan fingerprint density at radius 2 is 2.36 bits per heavy atom. The Kier molecular flexibility index (Phi) is 7.18. The van der Waals surface area contributed by atoms with E-state index in [-0.39, 0.29) is 6.10 Å². The lowest BCUT2D eigenvalue weighted by atomic mass is 10.2. The summed E-state index contributed by atoms with van der Waals surface area (Å²) in [6, 6.07) is 2.11. The topological polar surface area (TPSA) is 33.0 Å². The molecule has 0 N–H and O–H groups in total. The van der Waals surface area contributed by atoms with Gasteiger partial charge in [0, 0.05) is 6.61 Å². The molecular formula is C9H16NO. The molecule has 0 aliphatic heterocycles. The summed E-state index contributed by atoms with van der Waals surface area (Å²) in [6.07, 6.45) is 4.62. The Labute approximate surface area is 69.2 Å². The molecule has 1 unspecified atom stereocenters. The second-order valence-corrected chi connectivity index (χ2v) is 2.46. The molecule has 11 heavy (non-hydrogen) atoms. The van der Waals surface area contributed by atoms with E-state index >= 15 is 0 Å². The van der Waals surface area contributed by atoms with Gasteiger partial charge in [0.05, 0.1) is 18.6 Å². The molecule has 1 radical (unpaired) electrons. The fourth-order valence-corrected chi connectivity index (χ4v) is 0.775. The largest absolute Gasteiger partial charge is 0.377 e. The smallest absolute Gasteiger partial charge is 0.0702 e. The molecule has 0 aliphatic carbocycles. The second-order valence-electron chi connectivity index (χ2n) is 2.46. The fraction of sp³-hybridized carbons (Fsp3) is 0.778. The molecule has 0 amide bonds. The SMILES string of the molecule is C[CH]CCOC(CC)CC#N. The standard InChI is InChI=1S/C9H16NO/c1-3-5-8-11-9(4-2)6-7-10/h3,9H,4-6,8H2,1-2H3. The van der Waals surface area contributed by atoms with E-state index < -0.39 is 0 Å². The van der Waals surface area contributed by atoms with Crippen LogP contribution in [-0.4, -0.2) is 12.7 Å². The normalized spacial score (nSPS) is 12.5. The van der Waals surface area contributed by atoms with Crippen molar-refractivity contribution >= 4 is 0 Å². The molecule has 0 aromatic rings. The van der Waals surface area contributed by atoms with Crippen LogP contribution in [0.1, 0.15) is 33.1 Å². The summed E-state index contributed by atoms with van der Waals surface area (Å²) in [5.74, 6) is 0. The van der Waals surface area contributed by atoms with Gasteiger partial charge in [0.25, 0.3) is 0 Å². The van der Waals surface area contributed by atoms with Crippen LogP contribution < -0.4 is 0 Å². The summed E-state index contributed by atoms with van der Waals surface area (Å²) in [4.78, 5) is 0. The molecule has 1 atom stereocenters. The Morgan fingerprint density at radius 1 is 1.64 bits per heavy atom. The zero-order valence-corrected chi connectivity index (χ0v) is 7.34.